The summed E-state index contributed by atoms with van der Waals surface area (Å²) in [5.41, 5.74) is 1.15. The fraction of sp³-hybridized carbons (Fsp3) is 0.600. The third kappa shape index (κ3) is 2.98. The molecule has 19 heavy (non-hydrogen) atoms. The number of piperidine rings is 1. The van der Waals surface area contributed by atoms with Crippen molar-refractivity contribution < 1.29 is 4.74 Å². The molecule has 1 aromatic rings. The molecule has 1 fully saturated rings. The summed E-state index contributed by atoms with van der Waals surface area (Å²) in [6.07, 6.45) is 2.84. The van der Waals surface area contributed by atoms with Gasteiger partial charge in [-0.2, -0.15) is 0 Å². The van der Waals surface area contributed by atoms with Crippen molar-refractivity contribution in [1.29, 1.82) is 0 Å². The van der Waals surface area contributed by atoms with Crippen LogP contribution in [0.5, 0.6) is 5.75 Å². The summed E-state index contributed by atoms with van der Waals surface area (Å²) in [6.45, 7) is 6.46. The summed E-state index contributed by atoms with van der Waals surface area (Å²) in [4.78, 5) is 2.44. The second-order valence-electron chi connectivity index (χ2n) is 5.66. The Labute approximate surface area is 119 Å². The summed E-state index contributed by atoms with van der Waals surface area (Å²) in [5.74, 6) is 1.69. The Bertz CT molecular complexity index is 446. The van der Waals surface area contributed by atoms with Crippen LogP contribution in [0.1, 0.15) is 19.8 Å². The molecule has 0 bridgehead atoms. The van der Waals surface area contributed by atoms with Crippen molar-refractivity contribution in [2.24, 2.45) is 5.92 Å². The van der Waals surface area contributed by atoms with Crippen molar-refractivity contribution in [3.8, 4) is 5.75 Å². The highest BCUT2D eigenvalue weighted by atomic mass is 35.5. The Morgan fingerprint density at radius 2 is 2.37 bits per heavy atom. The van der Waals surface area contributed by atoms with Gasteiger partial charge in [0, 0.05) is 11.6 Å². The van der Waals surface area contributed by atoms with Crippen LogP contribution in [0.15, 0.2) is 18.2 Å². The fourth-order valence-corrected chi connectivity index (χ4v) is 3.23. The Kier molecular flexibility index (Phi) is 3.85. The minimum atomic E-state index is 0.241. The highest BCUT2D eigenvalue weighted by Crippen LogP contribution is 2.36. The molecular formula is C15H21ClN2O. The van der Waals surface area contributed by atoms with E-state index in [1.165, 1.54) is 19.4 Å². The molecule has 1 N–H and O–H groups in total. The minimum Gasteiger partial charge on any atom is -0.487 e. The van der Waals surface area contributed by atoms with Crippen LogP contribution in [0.25, 0.3) is 0 Å². The molecule has 0 aliphatic carbocycles. The van der Waals surface area contributed by atoms with Gasteiger partial charge in [0.2, 0.25) is 0 Å². The molecule has 1 saturated heterocycles. The van der Waals surface area contributed by atoms with E-state index in [9.17, 15) is 0 Å². The first-order valence-corrected chi connectivity index (χ1v) is 7.52. The van der Waals surface area contributed by atoms with Crippen molar-refractivity contribution in [2.75, 3.05) is 31.1 Å². The van der Waals surface area contributed by atoms with Crippen molar-refractivity contribution >= 4 is 17.3 Å². The number of nitrogens with one attached hydrogen (secondary N) is 1. The third-order valence-corrected chi connectivity index (χ3v) is 4.18. The number of hydrogen-bond donors (Lipinski definition) is 1. The molecule has 0 saturated carbocycles. The van der Waals surface area contributed by atoms with E-state index in [0.717, 1.165) is 42.0 Å². The Morgan fingerprint density at radius 3 is 3.16 bits per heavy atom. The first-order chi connectivity index (χ1) is 9.22. The van der Waals surface area contributed by atoms with Crippen molar-refractivity contribution in [3.63, 3.8) is 0 Å². The smallest absolute Gasteiger partial charge is 0.143 e. The molecule has 0 amide bonds. The topological polar surface area (TPSA) is 24.5 Å². The van der Waals surface area contributed by atoms with E-state index < -0.39 is 0 Å². The third-order valence-electron chi connectivity index (χ3n) is 3.94. The summed E-state index contributed by atoms with van der Waals surface area (Å²) in [6, 6.07) is 5.91. The maximum atomic E-state index is 6.13. The van der Waals surface area contributed by atoms with E-state index in [4.69, 9.17) is 16.3 Å². The molecule has 3 nitrogen and oxygen atoms in total. The van der Waals surface area contributed by atoms with Gasteiger partial charge in [-0.05, 0) is 57.0 Å². The summed E-state index contributed by atoms with van der Waals surface area (Å²) in [7, 11) is 0. The Morgan fingerprint density at radius 1 is 1.47 bits per heavy atom. The zero-order valence-electron chi connectivity index (χ0n) is 11.4. The molecule has 2 atom stereocenters. The average molecular weight is 281 g/mol. The van der Waals surface area contributed by atoms with E-state index in [1.807, 2.05) is 18.2 Å². The second kappa shape index (κ2) is 5.59. The van der Waals surface area contributed by atoms with Gasteiger partial charge in [-0.25, -0.2) is 0 Å². The maximum Gasteiger partial charge on any atom is 0.143 e. The number of hydrogen-bond acceptors (Lipinski definition) is 3. The second-order valence-corrected chi connectivity index (χ2v) is 6.09. The molecule has 0 aromatic heterocycles. The van der Waals surface area contributed by atoms with Gasteiger partial charge >= 0.3 is 0 Å². The van der Waals surface area contributed by atoms with Crippen molar-refractivity contribution in [2.45, 2.75) is 25.9 Å². The Balaban J connectivity index is 1.79. The van der Waals surface area contributed by atoms with Gasteiger partial charge in [0.15, 0.2) is 0 Å². The standard InChI is InChI=1S/C15H21ClN2O/c1-11-9-18(10-12-3-2-6-17-8-12)14-7-13(16)4-5-15(14)19-11/h4-5,7,11-12,17H,2-3,6,8-10H2,1H3. The molecule has 2 unspecified atom stereocenters. The van der Waals surface area contributed by atoms with E-state index in [0.29, 0.717) is 0 Å². The van der Waals surface area contributed by atoms with Crippen LogP contribution < -0.4 is 15.0 Å². The van der Waals surface area contributed by atoms with Crippen LogP contribution >= 0.6 is 11.6 Å². The minimum absolute atomic E-state index is 0.241. The predicted octanol–water partition coefficient (Wildman–Crippen LogP) is 2.93. The van der Waals surface area contributed by atoms with Crippen LogP contribution in [0.3, 0.4) is 0 Å². The molecule has 1 aromatic carbocycles. The number of nitrogens with zero attached hydrogens (tertiary/aromatic N) is 1. The van der Waals surface area contributed by atoms with Gasteiger partial charge in [-0.3, -0.25) is 0 Å². The molecule has 3 rings (SSSR count). The number of fused-ring (bicyclic) bond motifs is 1. The molecule has 2 aliphatic heterocycles. The lowest BCUT2D eigenvalue weighted by molar-refractivity contribution is 0.208. The van der Waals surface area contributed by atoms with Gasteiger partial charge in [0.1, 0.15) is 11.9 Å². The van der Waals surface area contributed by atoms with Gasteiger partial charge in [0.25, 0.3) is 0 Å². The number of halogens is 1. The van der Waals surface area contributed by atoms with Crippen LogP contribution in [0.4, 0.5) is 5.69 Å². The van der Waals surface area contributed by atoms with Crippen molar-refractivity contribution in [1.82, 2.24) is 5.32 Å². The molecule has 4 heteroatoms. The molecule has 104 valence electrons. The first-order valence-electron chi connectivity index (χ1n) is 7.14. The highest BCUT2D eigenvalue weighted by molar-refractivity contribution is 6.30. The van der Waals surface area contributed by atoms with E-state index in [1.54, 1.807) is 0 Å². The average Bonchev–Trinajstić information content (AvgIpc) is 2.41. The van der Waals surface area contributed by atoms with Crippen molar-refractivity contribution in [3.05, 3.63) is 23.2 Å². The lowest BCUT2D eigenvalue weighted by atomic mass is 9.98. The van der Waals surface area contributed by atoms with Crippen LogP contribution in [0.2, 0.25) is 5.02 Å². The fourth-order valence-electron chi connectivity index (χ4n) is 3.06. The van der Waals surface area contributed by atoms with Crippen LogP contribution in [-0.2, 0) is 0 Å². The van der Waals surface area contributed by atoms with E-state index in [-0.39, 0.29) is 6.10 Å². The number of ether oxygens (including phenoxy) is 1. The first kappa shape index (κ1) is 13.1. The quantitative estimate of drug-likeness (QED) is 0.901. The molecule has 0 radical (unpaired) electrons. The largest absolute Gasteiger partial charge is 0.487 e. The van der Waals surface area contributed by atoms with Gasteiger partial charge < -0.3 is 15.0 Å². The SMILES string of the molecule is CC1CN(CC2CCCNC2)c2cc(Cl)ccc2O1. The van der Waals surface area contributed by atoms with Gasteiger partial charge in [-0.15, -0.1) is 0 Å². The Hall–Kier alpha value is -0.930. The summed E-state index contributed by atoms with van der Waals surface area (Å²) < 4.78 is 5.89. The maximum absolute atomic E-state index is 6.13. The number of anilines is 1. The zero-order chi connectivity index (χ0) is 13.2. The molecule has 0 spiro atoms. The lowest BCUT2D eigenvalue weighted by Crippen LogP contribution is -2.44. The summed E-state index contributed by atoms with van der Waals surface area (Å²) in [5, 5.41) is 4.27. The zero-order valence-corrected chi connectivity index (χ0v) is 12.1. The van der Waals surface area contributed by atoms with Crippen LogP contribution in [-0.4, -0.2) is 32.3 Å². The molecule has 2 aliphatic rings. The van der Waals surface area contributed by atoms with E-state index in [2.05, 4.69) is 17.1 Å². The monoisotopic (exact) mass is 280 g/mol. The molecule has 2 heterocycles. The number of rotatable bonds is 2. The summed E-state index contributed by atoms with van der Waals surface area (Å²) >= 11 is 6.13. The van der Waals surface area contributed by atoms with E-state index >= 15 is 0 Å². The highest BCUT2D eigenvalue weighted by Gasteiger charge is 2.26. The van der Waals surface area contributed by atoms with Gasteiger partial charge in [-0.1, -0.05) is 11.6 Å². The normalized spacial score (nSPS) is 26.7. The van der Waals surface area contributed by atoms with Crippen LogP contribution in [0, 0.1) is 5.92 Å². The molecular weight excluding hydrogens is 260 g/mol. The van der Waals surface area contributed by atoms with Gasteiger partial charge in [0.05, 0.1) is 12.2 Å². The number of benzene rings is 1. The lowest BCUT2D eigenvalue weighted by Gasteiger charge is -2.38. The predicted molar refractivity (Wildman–Crippen MR) is 79.3 cm³/mol.